The summed E-state index contributed by atoms with van der Waals surface area (Å²) in [4.78, 5) is 18.5. The smallest absolute Gasteiger partial charge is 0.252 e. The minimum absolute atomic E-state index is 0.190. The van der Waals surface area contributed by atoms with E-state index in [-0.39, 0.29) is 11.7 Å². The van der Waals surface area contributed by atoms with Crippen molar-refractivity contribution < 1.29 is 9.18 Å². The van der Waals surface area contributed by atoms with Gasteiger partial charge in [0.05, 0.1) is 17.4 Å². The highest BCUT2D eigenvalue weighted by atomic mass is 19.1. The molecule has 0 aliphatic rings. The lowest BCUT2D eigenvalue weighted by atomic mass is 10.1. The van der Waals surface area contributed by atoms with Crippen molar-refractivity contribution in [3.05, 3.63) is 59.7 Å². The van der Waals surface area contributed by atoms with Crippen molar-refractivity contribution >= 4 is 11.6 Å². The van der Waals surface area contributed by atoms with Crippen LogP contribution in [-0.2, 0) is 6.42 Å². The summed E-state index contributed by atoms with van der Waals surface area (Å²) in [6.07, 6.45) is 5.98. The standard InChI is InChI=1S/C19H24FN3O/c1-3-4-11-23(2)17-12-16(13-21-14-17)19(24)22-10-9-15-7-5-6-8-18(15)20/h5-8,12-14H,3-4,9-11H2,1-2H3,(H,22,24). The van der Waals surface area contributed by atoms with Gasteiger partial charge in [0.25, 0.3) is 5.91 Å². The molecule has 1 aromatic carbocycles. The maximum atomic E-state index is 13.6. The molecule has 1 aromatic heterocycles. The number of nitrogens with zero attached hydrogens (tertiary/aromatic N) is 2. The van der Waals surface area contributed by atoms with E-state index < -0.39 is 0 Å². The third-order valence-corrected chi connectivity index (χ3v) is 3.91. The van der Waals surface area contributed by atoms with Gasteiger partial charge in [-0.3, -0.25) is 9.78 Å². The summed E-state index contributed by atoms with van der Waals surface area (Å²) in [5, 5.41) is 2.82. The Morgan fingerprint density at radius 3 is 2.83 bits per heavy atom. The number of hydrogen-bond donors (Lipinski definition) is 1. The topological polar surface area (TPSA) is 45.2 Å². The molecule has 0 radical (unpaired) electrons. The first-order chi connectivity index (χ1) is 11.6. The summed E-state index contributed by atoms with van der Waals surface area (Å²) in [6.45, 7) is 3.46. The Morgan fingerprint density at radius 2 is 2.08 bits per heavy atom. The van der Waals surface area contributed by atoms with E-state index in [9.17, 15) is 9.18 Å². The molecule has 0 aliphatic heterocycles. The molecule has 0 saturated carbocycles. The number of benzene rings is 1. The Balaban J connectivity index is 1.91. The zero-order valence-corrected chi connectivity index (χ0v) is 14.3. The van der Waals surface area contributed by atoms with E-state index in [2.05, 4.69) is 22.1 Å². The van der Waals surface area contributed by atoms with E-state index in [0.29, 0.717) is 24.1 Å². The van der Waals surface area contributed by atoms with Gasteiger partial charge in [-0.2, -0.15) is 0 Å². The summed E-state index contributed by atoms with van der Waals surface area (Å²) in [7, 11) is 1.99. The zero-order valence-electron chi connectivity index (χ0n) is 14.3. The number of carbonyl (C=O) groups is 1. The molecule has 2 aromatic rings. The molecule has 0 saturated heterocycles. The molecule has 1 amide bonds. The quantitative estimate of drug-likeness (QED) is 0.807. The number of rotatable bonds is 8. The molecule has 0 atom stereocenters. The van der Waals surface area contributed by atoms with Crippen molar-refractivity contribution in [2.24, 2.45) is 0 Å². The third-order valence-electron chi connectivity index (χ3n) is 3.91. The fourth-order valence-corrected chi connectivity index (χ4v) is 2.40. The molecule has 5 heteroatoms. The number of nitrogens with one attached hydrogen (secondary N) is 1. The van der Waals surface area contributed by atoms with Crippen molar-refractivity contribution in [2.75, 3.05) is 25.0 Å². The van der Waals surface area contributed by atoms with Crippen LogP contribution in [0.15, 0.2) is 42.7 Å². The summed E-state index contributed by atoms with van der Waals surface area (Å²) in [5.41, 5.74) is 2.04. The molecule has 0 aliphatic carbocycles. The van der Waals surface area contributed by atoms with Crippen LogP contribution in [-0.4, -0.2) is 31.0 Å². The van der Waals surface area contributed by atoms with Gasteiger partial charge >= 0.3 is 0 Å². The van der Waals surface area contributed by atoms with Crippen LogP contribution >= 0.6 is 0 Å². The summed E-state index contributed by atoms with van der Waals surface area (Å²) < 4.78 is 13.6. The van der Waals surface area contributed by atoms with E-state index in [4.69, 9.17) is 0 Å². The molecular formula is C19H24FN3O. The second-order valence-corrected chi connectivity index (χ2v) is 5.80. The molecule has 0 bridgehead atoms. The lowest BCUT2D eigenvalue weighted by molar-refractivity contribution is 0.0953. The van der Waals surface area contributed by atoms with Crippen molar-refractivity contribution in [1.29, 1.82) is 0 Å². The normalized spacial score (nSPS) is 10.5. The van der Waals surface area contributed by atoms with Gasteiger partial charge in [0.2, 0.25) is 0 Å². The Bertz CT molecular complexity index is 675. The molecule has 128 valence electrons. The van der Waals surface area contributed by atoms with Crippen molar-refractivity contribution in [3.63, 3.8) is 0 Å². The molecule has 0 fully saturated rings. The van der Waals surface area contributed by atoms with Crippen LogP contribution in [0, 0.1) is 5.82 Å². The number of anilines is 1. The van der Waals surface area contributed by atoms with Crippen molar-refractivity contribution in [1.82, 2.24) is 10.3 Å². The van der Waals surface area contributed by atoms with Gasteiger partial charge < -0.3 is 10.2 Å². The number of carbonyl (C=O) groups excluding carboxylic acids is 1. The molecule has 0 spiro atoms. The highest BCUT2D eigenvalue weighted by Crippen LogP contribution is 2.14. The molecule has 2 rings (SSSR count). The number of amides is 1. The van der Waals surface area contributed by atoms with Gasteiger partial charge in [0, 0.05) is 26.3 Å². The van der Waals surface area contributed by atoms with Crippen LogP contribution in [0.3, 0.4) is 0 Å². The van der Waals surface area contributed by atoms with Crippen LogP contribution in [0.25, 0.3) is 0 Å². The first kappa shape index (κ1) is 17.9. The summed E-state index contributed by atoms with van der Waals surface area (Å²) in [6, 6.07) is 8.44. The van der Waals surface area contributed by atoms with Crippen LogP contribution in [0.1, 0.15) is 35.7 Å². The maximum Gasteiger partial charge on any atom is 0.252 e. The summed E-state index contributed by atoms with van der Waals surface area (Å²) >= 11 is 0. The average molecular weight is 329 g/mol. The third kappa shape index (κ3) is 5.05. The average Bonchev–Trinajstić information content (AvgIpc) is 2.61. The monoisotopic (exact) mass is 329 g/mol. The molecule has 1 heterocycles. The summed E-state index contributed by atoms with van der Waals surface area (Å²) in [5.74, 6) is -0.433. The Hall–Kier alpha value is -2.43. The minimum Gasteiger partial charge on any atom is -0.373 e. The fraction of sp³-hybridized carbons (Fsp3) is 0.368. The number of pyridine rings is 1. The first-order valence-electron chi connectivity index (χ1n) is 8.29. The second kappa shape index (κ2) is 9.01. The van der Waals surface area contributed by atoms with E-state index in [1.54, 1.807) is 30.6 Å². The predicted molar refractivity (Wildman–Crippen MR) is 94.9 cm³/mol. The SMILES string of the molecule is CCCCN(C)c1cncc(C(=O)NCCc2ccccc2F)c1. The number of unbranched alkanes of at least 4 members (excludes halogenated alkanes) is 1. The number of aromatic nitrogens is 1. The van der Waals surface area contributed by atoms with Gasteiger partial charge in [-0.05, 0) is 30.5 Å². The van der Waals surface area contributed by atoms with Crippen LogP contribution in [0.4, 0.5) is 10.1 Å². The van der Waals surface area contributed by atoms with E-state index in [1.807, 2.05) is 13.1 Å². The molecule has 24 heavy (non-hydrogen) atoms. The zero-order chi connectivity index (χ0) is 17.4. The molecule has 4 nitrogen and oxygen atoms in total. The largest absolute Gasteiger partial charge is 0.373 e. The number of hydrogen-bond acceptors (Lipinski definition) is 3. The van der Waals surface area contributed by atoms with Crippen molar-refractivity contribution in [3.8, 4) is 0 Å². The second-order valence-electron chi connectivity index (χ2n) is 5.80. The van der Waals surface area contributed by atoms with Gasteiger partial charge in [-0.1, -0.05) is 31.5 Å². The highest BCUT2D eigenvalue weighted by molar-refractivity contribution is 5.94. The number of halogens is 1. The van der Waals surface area contributed by atoms with Gasteiger partial charge in [-0.25, -0.2) is 4.39 Å². The van der Waals surface area contributed by atoms with E-state index in [1.165, 1.54) is 6.07 Å². The van der Waals surface area contributed by atoms with Gasteiger partial charge in [-0.15, -0.1) is 0 Å². The van der Waals surface area contributed by atoms with Gasteiger partial charge in [0.1, 0.15) is 5.82 Å². The highest BCUT2D eigenvalue weighted by Gasteiger charge is 2.09. The molecule has 1 N–H and O–H groups in total. The van der Waals surface area contributed by atoms with Crippen LogP contribution in [0.2, 0.25) is 0 Å². The first-order valence-corrected chi connectivity index (χ1v) is 8.29. The van der Waals surface area contributed by atoms with Gasteiger partial charge in [0.15, 0.2) is 0 Å². The maximum absolute atomic E-state index is 13.6. The molecular weight excluding hydrogens is 305 g/mol. The fourth-order valence-electron chi connectivity index (χ4n) is 2.40. The molecule has 0 unspecified atom stereocenters. The van der Waals surface area contributed by atoms with E-state index >= 15 is 0 Å². The Morgan fingerprint density at radius 1 is 1.29 bits per heavy atom. The lowest BCUT2D eigenvalue weighted by Crippen LogP contribution is -2.26. The van der Waals surface area contributed by atoms with E-state index in [0.717, 1.165) is 25.1 Å². The Kier molecular flexibility index (Phi) is 6.73. The predicted octanol–water partition coefficient (Wildman–Crippen LogP) is 3.43. The lowest BCUT2D eigenvalue weighted by Gasteiger charge is -2.19. The van der Waals surface area contributed by atoms with Crippen LogP contribution in [0.5, 0.6) is 0 Å². The minimum atomic E-state index is -0.243. The van der Waals surface area contributed by atoms with Crippen LogP contribution < -0.4 is 10.2 Å². The Labute approximate surface area is 142 Å². The van der Waals surface area contributed by atoms with Crippen molar-refractivity contribution in [2.45, 2.75) is 26.2 Å².